The maximum Gasteiger partial charge on any atom is 0.310 e. The molecule has 0 unspecified atom stereocenters. The van der Waals surface area contributed by atoms with Crippen LogP contribution in [0.3, 0.4) is 0 Å². The molecular formula is C6H10CrO5. The van der Waals surface area contributed by atoms with Crippen molar-refractivity contribution in [1.82, 2.24) is 0 Å². The second-order valence-corrected chi connectivity index (χ2v) is 1.60. The second kappa shape index (κ2) is 10.1. The predicted octanol–water partition coefficient (Wildman–Crippen LogP) is 0.184. The molecule has 0 atom stereocenters. The first kappa shape index (κ1) is 17.3. The molecule has 70 valence electrons. The molecule has 0 fully saturated rings. The number of ether oxygens (including phenoxy) is 1. The van der Waals surface area contributed by atoms with Crippen LogP contribution < -0.4 is 0 Å². The Bertz CT molecular complexity index is 149. The molecule has 0 aliphatic rings. The first-order valence-corrected chi connectivity index (χ1v) is 2.74. The van der Waals surface area contributed by atoms with E-state index in [4.69, 9.17) is 9.90 Å². The van der Waals surface area contributed by atoms with Crippen LogP contribution in [0.25, 0.3) is 0 Å². The molecule has 0 spiro atoms. The van der Waals surface area contributed by atoms with Crippen LogP contribution in [0.4, 0.5) is 0 Å². The maximum atomic E-state index is 9.81. The van der Waals surface area contributed by atoms with E-state index in [1.54, 1.807) is 0 Å². The molecule has 0 aliphatic heterocycles. The van der Waals surface area contributed by atoms with Crippen molar-refractivity contribution in [2.24, 2.45) is 0 Å². The Balaban J connectivity index is -0.000000142. The normalized spacial score (nSPS) is 6.58. The third-order valence-corrected chi connectivity index (χ3v) is 0.287. The summed E-state index contributed by atoms with van der Waals surface area (Å²) in [6, 6.07) is 0. The number of rotatable bonds is 0. The Morgan fingerprint density at radius 2 is 1.17 bits per heavy atom. The number of carboxylic acid groups (broad SMARTS) is 1. The predicted molar refractivity (Wildman–Crippen MR) is 35.8 cm³/mol. The molecule has 1 N–H and O–H groups in total. The summed E-state index contributed by atoms with van der Waals surface area (Å²) in [5.74, 6) is -1.96. The molecule has 5 nitrogen and oxygen atoms in total. The first-order chi connectivity index (χ1) is 4.86. The van der Waals surface area contributed by atoms with Crippen molar-refractivity contribution >= 4 is 17.9 Å². The van der Waals surface area contributed by atoms with Gasteiger partial charge in [-0.05, 0) is 0 Å². The van der Waals surface area contributed by atoms with Crippen LogP contribution in [0.5, 0.6) is 0 Å². The van der Waals surface area contributed by atoms with Crippen LogP contribution >= 0.6 is 0 Å². The average Bonchev–Trinajstić information content (AvgIpc) is 1.56. The topological polar surface area (TPSA) is 80.7 Å². The van der Waals surface area contributed by atoms with Crippen molar-refractivity contribution < 1.29 is 41.6 Å². The van der Waals surface area contributed by atoms with E-state index < -0.39 is 17.9 Å². The molecule has 0 aromatic rings. The van der Waals surface area contributed by atoms with Crippen LogP contribution in [0.1, 0.15) is 20.8 Å². The van der Waals surface area contributed by atoms with Gasteiger partial charge in [0.15, 0.2) is 0 Å². The SMILES string of the molecule is CC(=O)O.CC(=O)OC(C)=O.[Cr]. The van der Waals surface area contributed by atoms with Gasteiger partial charge in [0.05, 0.1) is 0 Å². The van der Waals surface area contributed by atoms with Crippen molar-refractivity contribution in [3.05, 3.63) is 0 Å². The first-order valence-electron chi connectivity index (χ1n) is 2.74. The summed E-state index contributed by atoms with van der Waals surface area (Å²) >= 11 is 0. The van der Waals surface area contributed by atoms with Crippen LogP contribution in [-0.4, -0.2) is 23.0 Å². The van der Waals surface area contributed by atoms with Crippen LogP contribution in [0.15, 0.2) is 0 Å². The quantitative estimate of drug-likeness (QED) is 0.459. The summed E-state index contributed by atoms with van der Waals surface area (Å²) in [6.07, 6.45) is 0. The number of aliphatic carboxylic acids is 1. The molecule has 0 aromatic carbocycles. The fraction of sp³-hybridized carbons (Fsp3) is 0.500. The van der Waals surface area contributed by atoms with Gasteiger partial charge in [-0.15, -0.1) is 0 Å². The second-order valence-electron chi connectivity index (χ2n) is 1.60. The summed E-state index contributed by atoms with van der Waals surface area (Å²) in [6.45, 7) is 3.45. The molecule has 0 aliphatic carbocycles. The Labute approximate surface area is 80.8 Å². The van der Waals surface area contributed by atoms with E-state index in [2.05, 4.69) is 4.74 Å². The van der Waals surface area contributed by atoms with Crippen LogP contribution in [-0.2, 0) is 36.5 Å². The van der Waals surface area contributed by atoms with Crippen LogP contribution in [0, 0.1) is 0 Å². The summed E-state index contributed by atoms with van der Waals surface area (Å²) in [7, 11) is 0. The van der Waals surface area contributed by atoms with Gasteiger partial charge in [-0.1, -0.05) is 0 Å². The standard InChI is InChI=1S/C4H6O3.C2H4O2.Cr/c1-3(5)7-4(2)6;1-2(3)4;/h1-2H3;1H3,(H,3,4);. The Hall–Kier alpha value is -0.858. The zero-order valence-electron chi connectivity index (χ0n) is 6.99. The fourth-order valence-electron chi connectivity index (χ4n) is 0.202. The van der Waals surface area contributed by atoms with Gasteiger partial charge in [0.25, 0.3) is 5.97 Å². The van der Waals surface area contributed by atoms with Gasteiger partial charge >= 0.3 is 11.9 Å². The zero-order valence-corrected chi connectivity index (χ0v) is 8.26. The fourth-order valence-corrected chi connectivity index (χ4v) is 0.202. The zero-order chi connectivity index (χ0) is 9.44. The van der Waals surface area contributed by atoms with E-state index in [1.807, 2.05) is 0 Å². The van der Waals surface area contributed by atoms with E-state index in [1.165, 1.54) is 13.8 Å². The van der Waals surface area contributed by atoms with Gasteiger partial charge < -0.3 is 9.84 Å². The number of hydrogen-bond acceptors (Lipinski definition) is 4. The van der Waals surface area contributed by atoms with Gasteiger partial charge in [0.2, 0.25) is 0 Å². The van der Waals surface area contributed by atoms with Crippen molar-refractivity contribution in [3.63, 3.8) is 0 Å². The number of esters is 2. The maximum absolute atomic E-state index is 9.81. The third kappa shape index (κ3) is 61.4. The Morgan fingerprint density at radius 3 is 1.17 bits per heavy atom. The third-order valence-electron chi connectivity index (χ3n) is 0.287. The van der Waals surface area contributed by atoms with E-state index in [9.17, 15) is 9.59 Å². The van der Waals surface area contributed by atoms with Gasteiger partial charge in [-0.2, -0.15) is 0 Å². The smallest absolute Gasteiger partial charge is 0.310 e. The molecule has 0 radical (unpaired) electrons. The van der Waals surface area contributed by atoms with Crippen molar-refractivity contribution in [1.29, 1.82) is 0 Å². The van der Waals surface area contributed by atoms with Gasteiger partial charge in [-0.3, -0.25) is 14.4 Å². The monoisotopic (exact) mass is 214 g/mol. The summed E-state index contributed by atoms with van der Waals surface area (Å²) in [5.41, 5.74) is 0. The summed E-state index contributed by atoms with van der Waals surface area (Å²) < 4.78 is 3.97. The van der Waals surface area contributed by atoms with E-state index >= 15 is 0 Å². The average molecular weight is 214 g/mol. The summed E-state index contributed by atoms with van der Waals surface area (Å²) in [5, 5.41) is 7.42. The molecule has 0 aromatic heterocycles. The summed E-state index contributed by atoms with van der Waals surface area (Å²) in [4.78, 5) is 28.6. The van der Waals surface area contributed by atoms with Crippen LogP contribution in [0.2, 0.25) is 0 Å². The largest absolute Gasteiger partial charge is 0.481 e. The Kier molecular flexibility index (Phi) is 14.6. The van der Waals surface area contributed by atoms with Gasteiger partial charge in [0, 0.05) is 38.1 Å². The Morgan fingerprint density at radius 1 is 1.00 bits per heavy atom. The minimum absolute atomic E-state index is 0. The number of carboxylic acids is 1. The molecule has 0 saturated heterocycles. The number of hydrogen-bond donors (Lipinski definition) is 1. The van der Waals surface area contributed by atoms with E-state index in [0.717, 1.165) is 6.92 Å². The minimum Gasteiger partial charge on any atom is -0.481 e. The van der Waals surface area contributed by atoms with Crippen molar-refractivity contribution in [2.45, 2.75) is 20.8 Å². The van der Waals surface area contributed by atoms with Crippen molar-refractivity contribution in [3.8, 4) is 0 Å². The molecule has 0 amide bonds. The van der Waals surface area contributed by atoms with Gasteiger partial charge in [-0.25, -0.2) is 0 Å². The van der Waals surface area contributed by atoms with E-state index in [0.29, 0.717) is 0 Å². The van der Waals surface area contributed by atoms with E-state index in [-0.39, 0.29) is 17.4 Å². The molecule has 12 heavy (non-hydrogen) atoms. The molecule has 0 heterocycles. The minimum atomic E-state index is -0.833. The molecule has 0 rings (SSSR count). The number of carbonyl (C=O) groups excluding carboxylic acids is 2. The molecule has 0 bridgehead atoms. The van der Waals surface area contributed by atoms with Gasteiger partial charge in [0.1, 0.15) is 0 Å². The molecule has 0 saturated carbocycles. The van der Waals surface area contributed by atoms with Crippen molar-refractivity contribution in [2.75, 3.05) is 0 Å². The number of carbonyl (C=O) groups is 3. The molecule has 6 heteroatoms. The molecular weight excluding hydrogens is 204 g/mol.